The Labute approximate surface area is 169 Å². The van der Waals surface area contributed by atoms with Crippen molar-refractivity contribution in [1.29, 1.82) is 0 Å². The Morgan fingerprint density at radius 3 is 2.55 bits per heavy atom. The predicted octanol–water partition coefficient (Wildman–Crippen LogP) is 5.92. The van der Waals surface area contributed by atoms with Gasteiger partial charge in [-0.3, -0.25) is 10.2 Å². The second-order valence-electron chi connectivity index (χ2n) is 6.53. The molecule has 0 aliphatic carbocycles. The maximum atomic E-state index is 13.0. The largest absolute Gasteiger partial charge is 0.417 e. The maximum absolute atomic E-state index is 13.0. The molecule has 147 valence electrons. The average molecular weight is 415 g/mol. The fourth-order valence-electron chi connectivity index (χ4n) is 3.32. The lowest BCUT2D eigenvalue weighted by Crippen LogP contribution is -2.09. The topological polar surface area (TPSA) is 70.7 Å². The highest BCUT2D eigenvalue weighted by atomic mass is 35.5. The molecule has 0 saturated carbocycles. The zero-order valence-electron chi connectivity index (χ0n) is 15.2. The molecule has 0 aliphatic heterocycles. The summed E-state index contributed by atoms with van der Waals surface area (Å²) in [4.78, 5) is 4.14. The predicted molar refractivity (Wildman–Crippen MR) is 105 cm³/mol. The summed E-state index contributed by atoms with van der Waals surface area (Å²) in [6, 6.07) is 10.3. The SMILES string of the molecule is Cc1c(Cc2ccc(-c3cn[nH]c3)cc2)c(OC(F)F)nc2c(Cl)ccc([O])c12. The van der Waals surface area contributed by atoms with Crippen LogP contribution in [0.4, 0.5) is 8.78 Å². The Morgan fingerprint density at radius 2 is 1.90 bits per heavy atom. The molecule has 4 aromatic rings. The lowest BCUT2D eigenvalue weighted by atomic mass is 9.96. The van der Waals surface area contributed by atoms with Crippen LogP contribution in [0.1, 0.15) is 16.7 Å². The summed E-state index contributed by atoms with van der Waals surface area (Å²) in [7, 11) is 0. The Bertz CT molecular complexity index is 1160. The third-order valence-electron chi connectivity index (χ3n) is 4.76. The van der Waals surface area contributed by atoms with E-state index in [2.05, 4.69) is 19.9 Å². The summed E-state index contributed by atoms with van der Waals surface area (Å²) in [5.41, 5.74) is 3.87. The van der Waals surface area contributed by atoms with Crippen LogP contribution >= 0.6 is 11.6 Å². The minimum Gasteiger partial charge on any atom is -0.417 e. The highest BCUT2D eigenvalue weighted by Gasteiger charge is 2.21. The van der Waals surface area contributed by atoms with Crippen molar-refractivity contribution in [1.82, 2.24) is 15.2 Å². The second kappa shape index (κ2) is 7.67. The minimum atomic E-state index is -3.05. The number of hydrogen-bond acceptors (Lipinski definition) is 3. The molecule has 1 N–H and O–H groups in total. The van der Waals surface area contributed by atoms with E-state index in [9.17, 15) is 13.9 Å². The molecule has 0 saturated heterocycles. The number of ether oxygens (including phenoxy) is 1. The van der Waals surface area contributed by atoms with Crippen molar-refractivity contribution in [2.75, 3.05) is 0 Å². The molecule has 29 heavy (non-hydrogen) atoms. The van der Waals surface area contributed by atoms with Crippen LogP contribution in [0.25, 0.3) is 22.0 Å². The minimum absolute atomic E-state index is 0.159. The van der Waals surface area contributed by atoms with E-state index in [0.717, 1.165) is 16.7 Å². The van der Waals surface area contributed by atoms with Crippen molar-refractivity contribution in [3.8, 4) is 22.8 Å². The smallest absolute Gasteiger partial charge is 0.388 e. The van der Waals surface area contributed by atoms with Gasteiger partial charge in [-0.15, -0.1) is 0 Å². The Balaban J connectivity index is 1.79. The fourth-order valence-corrected chi connectivity index (χ4v) is 3.52. The fraction of sp³-hybridized carbons (Fsp3) is 0.143. The number of hydrogen-bond donors (Lipinski definition) is 1. The Kier molecular flexibility index (Phi) is 5.07. The van der Waals surface area contributed by atoms with Gasteiger partial charge in [-0.1, -0.05) is 35.9 Å². The van der Waals surface area contributed by atoms with Gasteiger partial charge in [0, 0.05) is 23.7 Å². The molecule has 5 nitrogen and oxygen atoms in total. The number of nitrogens with zero attached hydrogens (tertiary/aromatic N) is 2. The van der Waals surface area contributed by atoms with Crippen molar-refractivity contribution in [2.45, 2.75) is 20.0 Å². The Morgan fingerprint density at radius 1 is 1.14 bits per heavy atom. The number of nitrogens with one attached hydrogen (secondary N) is 1. The van der Waals surface area contributed by atoms with Gasteiger partial charge >= 0.3 is 6.61 Å². The van der Waals surface area contributed by atoms with Crippen molar-refractivity contribution < 1.29 is 18.6 Å². The lowest BCUT2D eigenvalue weighted by Gasteiger charge is -2.16. The number of H-pyrrole nitrogens is 1. The van der Waals surface area contributed by atoms with Gasteiger partial charge in [-0.25, -0.2) is 4.98 Å². The number of aryl methyl sites for hydroxylation is 1. The monoisotopic (exact) mass is 414 g/mol. The molecule has 0 unspecified atom stereocenters. The van der Waals surface area contributed by atoms with Crippen LogP contribution in [0.15, 0.2) is 48.8 Å². The van der Waals surface area contributed by atoms with Gasteiger partial charge in [-0.2, -0.15) is 13.9 Å². The molecule has 2 aromatic carbocycles. The van der Waals surface area contributed by atoms with Crippen LogP contribution in [0.3, 0.4) is 0 Å². The molecule has 8 heteroatoms. The van der Waals surface area contributed by atoms with Crippen LogP contribution in [0.2, 0.25) is 5.02 Å². The molecule has 2 aromatic heterocycles. The van der Waals surface area contributed by atoms with Gasteiger partial charge < -0.3 is 4.74 Å². The van der Waals surface area contributed by atoms with Gasteiger partial charge in [0.1, 0.15) is 0 Å². The molecule has 2 heterocycles. The third-order valence-corrected chi connectivity index (χ3v) is 5.06. The zero-order chi connectivity index (χ0) is 20.5. The highest BCUT2D eigenvalue weighted by molar-refractivity contribution is 6.35. The Hall–Kier alpha value is -3.19. The number of rotatable bonds is 5. The number of alkyl halides is 2. The van der Waals surface area contributed by atoms with Crippen molar-refractivity contribution in [2.24, 2.45) is 0 Å². The van der Waals surface area contributed by atoms with Crippen LogP contribution in [0.5, 0.6) is 11.6 Å². The summed E-state index contributed by atoms with van der Waals surface area (Å²) in [6.45, 7) is -1.36. The molecule has 0 bridgehead atoms. The number of aromatic amines is 1. The van der Waals surface area contributed by atoms with Gasteiger partial charge in [-0.05, 0) is 35.7 Å². The normalized spacial score (nSPS) is 11.3. The lowest BCUT2D eigenvalue weighted by molar-refractivity contribution is -0.0532. The average Bonchev–Trinajstić information content (AvgIpc) is 3.22. The quantitative estimate of drug-likeness (QED) is 0.440. The number of benzene rings is 2. The molecule has 4 rings (SSSR count). The van der Waals surface area contributed by atoms with E-state index in [1.54, 1.807) is 19.3 Å². The van der Waals surface area contributed by atoms with E-state index in [1.165, 1.54) is 12.1 Å². The first-order valence-electron chi connectivity index (χ1n) is 8.75. The van der Waals surface area contributed by atoms with E-state index in [1.807, 2.05) is 24.3 Å². The van der Waals surface area contributed by atoms with Crippen molar-refractivity contribution >= 4 is 22.5 Å². The van der Waals surface area contributed by atoms with Crippen LogP contribution in [-0.4, -0.2) is 21.8 Å². The second-order valence-corrected chi connectivity index (χ2v) is 6.94. The van der Waals surface area contributed by atoms with E-state index >= 15 is 0 Å². The molecular weight excluding hydrogens is 400 g/mol. The van der Waals surface area contributed by atoms with E-state index in [4.69, 9.17) is 11.6 Å². The van der Waals surface area contributed by atoms with Crippen LogP contribution in [-0.2, 0) is 11.5 Å². The molecule has 0 spiro atoms. The van der Waals surface area contributed by atoms with Gasteiger partial charge in [0.25, 0.3) is 0 Å². The summed E-state index contributed by atoms with van der Waals surface area (Å²) >= 11 is 6.14. The number of fused-ring (bicyclic) bond motifs is 1. The first-order valence-corrected chi connectivity index (χ1v) is 9.13. The zero-order valence-corrected chi connectivity index (χ0v) is 16.0. The van der Waals surface area contributed by atoms with Gasteiger partial charge in [0.05, 0.1) is 22.1 Å². The molecule has 0 fully saturated rings. The third kappa shape index (κ3) is 3.73. The number of halogens is 3. The standard InChI is InChI=1S/C21H15ClF2N3O2/c1-11-15(8-12-2-4-13(5-3-12)14-9-25-26-10-14)20(29-21(23)24)27-19-16(22)6-7-17(28)18(11)19/h2-7,9-10,21H,8H2,1H3,(H,25,26). The molecule has 0 amide bonds. The highest BCUT2D eigenvalue weighted by Crippen LogP contribution is 2.38. The van der Waals surface area contributed by atoms with Gasteiger partial charge in [0.15, 0.2) is 5.75 Å². The van der Waals surface area contributed by atoms with Gasteiger partial charge in [0.2, 0.25) is 5.88 Å². The summed E-state index contributed by atoms with van der Waals surface area (Å²) in [5.74, 6) is -0.494. The first-order chi connectivity index (χ1) is 13.9. The molecular formula is C21H15ClF2N3O2. The number of pyridine rings is 1. The van der Waals surface area contributed by atoms with Crippen molar-refractivity contribution in [3.63, 3.8) is 0 Å². The van der Waals surface area contributed by atoms with E-state index in [-0.39, 0.29) is 28.6 Å². The molecule has 0 atom stereocenters. The maximum Gasteiger partial charge on any atom is 0.388 e. The number of aromatic nitrogens is 3. The first kappa shape index (κ1) is 19.1. The van der Waals surface area contributed by atoms with Crippen molar-refractivity contribution in [3.05, 3.63) is 70.5 Å². The molecule has 0 aliphatic rings. The van der Waals surface area contributed by atoms with Crippen LogP contribution < -0.4 is 4.74 Å². The molecule has 1 radical (unpaired) electrons. The summed E-state index contributed by atoms with van der Waals surface area (Å²) < 4.78 is 30.7. The van der Waals surface area contributed by atoms with E-state index in [0.29, 0.717) is 16.5 Å². The summed E-state index contributed by atoms with van der Waals surface area (Å²) in [6.07, 6.45) is 3.76. The van der Waals surface area contributed by atoms with E-state index < -0.39 is 6.61 Å². The van der Waals surface area contributed by atoms with Crippen LogP contribution in [0, 0.1) is 6.92 Å². The summed E-state index contributed by atoms with van der Waals surface area (Å²) in [5, 5.41) is 19.6.